The summed E-state index contributed by atoms with van der Waals surface area (Å²) in [6.45, 7) is 4.11. The molecule has 1 N–H and O–H groups in total. The van der Waals surface area contributed by atoms with E-state index in [2.05, 4.69) is 28.5 Å². The minimum Gasteiger partial charge on any atom is -0.380 e. The lowest BCUT2D eigenvalue weighted by molar-refractivity contribution is 0.195. The summed E-state index contributed by atoms with van der Waals surface area (Å²) in [5, 5.41) is 14.8. The highest BCUT2D eigenvalue weighted by molar-refractivity contribution is 5.19. The van der Waals surface area contributed by atoms with Crippen LogP contribution in [-0.2, 0) is 0 Å². The molecule has 3 rings (SSSR count). The number of imidazole rings is 1. The third-order valence-electron chi connectivity index (χ3n) is 3.39. The molecule has 1 aliphatic carbocycles. The van der Waals surface area contributed by atoms with Gasteiger partial charge in [0.15, 0.2) is 0 Å². The van der Waals surface area contributed by atoms with Crippen molar-refractivity contribution in [2.75, 3.05) is 0 Å². The van der Waals surface area contributed by atoms with Gasteiger partial charge in [-0.2, -0.15) is 5.10 Å². The molecular weight excluding hydrogens is 228 g/mol. The molecule has 1 saturated carbocycles. The first-order chi connectivity index (χ1) is 8.68. The van der Waals surface area contributed by atoms with Crippen molar-refractivity contribution in [1.29, 1.82) is 0 Å². The second-order valence-corrected chi connectivity index (χ2v) is 5.15. The van der Waals surface area contributed by atoms with Crippen LogP contribution in [0.15, 0.2) is 24.8 Å². The van der Waals surface area contributed by atoms with Crippen LogP contribution in [0, 0.1) is 0 Å². The first kappa shape index (κ1) is 11.5. The minimum atomic E-state index is -0.655. The maximum absolute atomic E-state index is 10.5. The summed E-state index contributed by atoms with van der Waals surface area (Å²) < 4.78 is 3.94. The van der Waals surface area contributed by atoms with Crippen molar-refractivity contribution >= 4 is 0 Å². The summed E-state index contributed by atoms with van der Waals surface area (Å²) in [6, 6.07) is 2.63. The number of aromatic nitrogens is 4. The highest BCUT2D eigenvalue weighted by Gasteiger charge is 2.29. The zero-order valence-corrected chi connectivity index (χ0v) is 10.7. The van der Waals surface area contributed by atoms with Gasteiger partial charge in [-0.05, 0) is 32.8 Å². The van der Waals surface area contributed by atoms with Gasteiger partial charge in [0.25, 0.3) is 0 Å². The van der Waals surface area contributed by atoms with Gasteiger partial charge in [-0.1, -0.05) is 0 Å². The Morgan fingerprint density at radius 2 is 2.11 bits per heavy atom. The third kappa shape index (κ3) is 1.84. The van der Waals surface area contributed by atoms with E-state index in [0.29, 0.717) is 6.04 Å². The van der Waals surface area contributed by atoms with E-state index < -0.39 is 6.10 Å². The number of aliphatic hydroxyl groups is 1. The molecule has 0 amide bonds. The van der Waals surface area contributed by atoms with Gasteiger partial charge in [0, 0.05) is 18.3 Å². The van der Waals surface area contributed by atoms with Crippen molar-refractivity contribution in [2.45, 2.75) is 44.9 Å². The van der Waals surface area contributed by atoms with Crippen molar-refractivity contribution in [3.63, 3.8) is 0 Å². The summed E-state index contributed by atoms with van der Waals surface area (Å²) in [7, 11) is 0. The average Bonchev–Trinajstić information content (AvgIpc) is 2.92. The van der Waals surface area contributed by atoms with Crippen molar-refractivity contribution < 1.29 is 5.11 Å². The summed E-state index contributed by atoms with van der Waals surface area (Å²) in [4.78, 5) is 4.16. The Morgan fingerprint density at radius 3 is 2.78 bits per heavy atom. The topological polar surface area (TPSA) is 55.9 Å². The number of nitrogens with zero attached hydrogens (tertiary/aromatic N) is 4. The molecule has 2 aromatic heterocycles. The van der Waals surface area contributed by atoms with E-state index in [0.717, 1.165) is 11.4 Å². The van der Waals surface area contributed by atoms with Gasteiger partial charge in [0.2, 0.25) is 0 Å². The lowest BCUT2D eigenvalue weighted by Crippen LogP contribution is -2.14. The highest BCUT2D eigenvalue weighted by atomic mass is 16.3. The third-order valence-corrected chi connectivity index (χ3v) is 3.39. The molecule has 18 heavy (non-hydrogen) atoms. The monoisotopic (exact) mass is 246 g/mol. The maximum Gasteiger partial charge on any atom is 0.137 e. The molecule has 0 aliphatic heterocycles. The fraction of sp³-hybridized carbons (Fsp3) is 0.538. The van der Waals surface area contributed by atoms with Gasteiger partial charge in [-0.15, -0.1) is 0 Å². The minimum absolute atomic E-state index is 0.238. The Labute approximate surface area is 106 Å². The number of hydrogen-bond donors (Lipinski definition) is 1. The molecule has 1 fully saturated rings. The van der Waals surface area contributed by atoms with E-state index in [1.807, 2.05) is 17.1 Å². The molecular formula is C13H18N4O. The fourth-order valence-electron chi connectivity index (χ4n) is 2.31. The fourth-order valence-corrected chi connectivity index (χ4v) is 2.31. The van der Waals surface area contributed by atoms with Crippen molar-refractivity contribution in [2.24, 2.45) is 0 Å². The van der Waals surface area contributed by atoms with Gasteiger partial charge in [0.05, 0.1) is 23.9 Å². The Bertz CT molecular complexity index is 498. The highest BCUT2D eigenvalue weighted by Crippen LogP contribution is 2.37. The Morgan fingerprint density at radius 1 is 1.33 bits per heavy atom. The van der Waals surface area contributed by atoms with Gasteiger partial charge < -0.3 is 9.67 Å². The predicted molar refractivity (Wildman–Crippen MR) is 67.2 cm³/mol. The summed E-state index contributed by atoms with van der Waals surface area (Å²) in [6.07, 6.45) is 7.00. The molecule has 1 atom stereocenters. The van der Waals surface area contributed by atoms with Crippen LogP contribution in [0.1, 0.15) is 56.3 Å². The molecule has 0 saturated heterocycles. The standard InChI is InChI=1S/C13H18N4O/c1-9(2)17-11(5-6-15-17)13(18)12-7-14-8-16(12)10-3-4-10/h5-10,13,18H,3-4H2,1-2H3. The van der Waals surface area contributed by atoms with Crippen LogP contribution in [0.25, 0.3) is 0 Å². The van der Waals surface area contributed by atoms with Crippen LogP contribution in [0.4, 0.5) is 0 Å². The van der Waals surface area contributed by atoms with Crippen LogP contribution in [0.2, 0.25) is 0 Å². The molecule has 2 heterocycles. The lowest BCUT2D eigenvalue weighted by atomic mass is 10.2. The number of aliphatic hydroxyl groups excluding tert-OH is 1. The first-order valence-electron chi connectivity index (χ1n) is 6.41. The zero-order chi connectivity index (χ0) is 12.7. The van der Waals surface area contributed by atoms with E-state index >= 15 is 0 Å². The molecule has 1 aliphatic rings. The predicted octanol–water partition coefficient (Wildman–Crippen LogP) is 2.08. The maximum atomic E-state index is 10.5. The van der Waals surface area contributed by atoms with Crippen molar-refractivity contribution in [3.8, 4) is 0 Å². The Hall–Kier alpha value is -1.62. The number of rotatable bonds is 4. The summed E-state index contributed by atoms with van der Waals surface area (Å²) >= 11 is 0. The van der Waals surface area contributed by atoms with Crippen molar-refractivity contribution in [3.05, 3.63) is 36.2 Å². The Kier molecular flexibility index (Phi) is 2.70. The van der Waals surface area contributed by atoms with Gasteiger partial charge in [0.1, 0.15) is 6.10 Å². The van der Waals surface area contributed by atoms with Crippen LogP contribution in [-0.4, -0.2) is 24.4 Å². The second-order valence-electron chi connectivity index (χ2n) is 5.15. The molecule has 5 heteroatoms. The van der Waals surface area contributed by atoms with E-state index in [9.17, 15) is 5.11 Å². The molecule has 96 valence electrons. The van der Waals surface area contributed by atoms with E-state index in [1.165, 1.54) is 12.8 Å². The number of hydrogen-bond acceptors (Lipinski definition) is 3. The van der Waals surface area contributed by atoms with Gasteiger partial charge in [-0.3, -0.25) is 4.68 Å². The quantitative estimate of drug-likeness (QED) is 0.898. The lowest BCUT2D eigenvalue weighted by Gasteiger charge is -2.17. The molecule has 0 bridgehead atoms. The summed E-state index contributed by atoms with van der Waals surface area (Å²) in [5.74, 6) is 0. The van der Waals surface area contributed by atoms with Gasteiger partial charge >= 0.3 is 0 Å². The van der Waals surface area contributed by atoms with Crippen LogP contribution in [0.5, 0.6) is 0 Å². The largest absolute Gasteiger partial charge is 0.380 e. The first-order valence-corrected chi connectivity index (χ1v) is 6.41. The zero-order valence-electron chi connectivity index (χ0n) is 10.7. The SMILES string of the molecule is CC(C)n1nccc1C(O)c1cncn1C1CC1. The van der Waals surface area contributed by atoms with Crippen molar-refractivity contribution in [1.82, 2.24) is 19.3 Å². The van der Waals surface area contributed by atoms with E-state index in [4.69, 9.17) is 0 Å². The smallest absolute Gasteiger partial charge is 0.137 e. The molecule has 0 spiro atoms. The molecule has 0 aromatic carbocycles. The molecule has 0 radical (unpaired) electrons. The van der Waals surface area contributed by atoms with Crippen LogP contribution >= 0.6 is 0 Å². The molecule has 5 nitrogen and oxygen atoms in total. The van der Waals surface area contributed by atoms with Gasteiger partial charge in [-0.25, -0.2) is 4.98 Å². The molecule has 1 unspecified atom stereocenters. The van der Waals surface area contributed by atoms with Crippen LogP contribution < -0.4 is 0 Å². The second kappa shape index (κ2) is 4.24. The van der Waals surface area contributed by atoms with E-state index in [-0.39, 0.29) is 6.04 Å². The summed E-state index contributed by atoms with van der Waals surface area (Å²) in [5.41, 5.74) is 1.69. The van der Waals surface area contributed by atoms with Crippen LogP contribution in [0.3, 0.4) is 0 Å². The normalized spacial score (nSPS) is 17.3. The average molecular weight is 246 g/mol. The molecule has 2 aromatic rings. The Balaban J connectivity index is 1.95. The van der Waals surface area contributed by atoms with E-state index in [1.54, 1.807) is 12.4 Å².